The molecular formula is C16H19NO3. The third-order valence-corrected chi connectivity index (χ3v) is 2.84. The average molecular weight is 273 g/mol. The van der Waals surface area contributed by atoms with E-state index < -0.39 is 0 Å². The number of methoxy groups -OCH3 is 1. The van der Waals surface area contributed by atoms with Gasteiger partial charge in [-0.1, -0.05) is 12.1 Å². The van der Waals surface area contributed by atoms with Gasteiger partial charge < -0.3 is 14.8 Å². The number of amides is 1. The lowest BCUT2D eigenvalue weighted by atomic mass is 10.1. The fraction of sp³-hybridized carbons (Fsp3) is 0.312. The van der Waals surface area contributed by atoms with Gasteiger partial charge in [-0.2, -0.15) is 0 Å². The highest BCUT2D eigenvalue weighted by atomic mass is 16.5. The summed E-state index contributed by atoms with van der Waals surface area (Å²) in [6.07, 6.45) is 0. The number of carbonyl (C=O) groups is 1. The van der Waals surface area contributed by atoms with Crippen LogP contribution in [0.5, 0.6) is 11.5 Å². The van der Waals surface area contributed by atoms with Gasteiger partial charge in [-0.3, -0.25) is 4.79 Å². The molecule has 106 valence electrons. The van der Waals surface area contributed by atoms with E-state index in [1.807, 2.05) is 50.2 Å². The maximum atomic E-state index is 11.5. The van der Waals surface area contributed by atoms with Crippen molar-refractivity contribution in [1.29, 1.82) is 0 Å². The largest absolute Gasteiger partial charge is 0.497 e. The van der Waals surface area contributed by atoms with Crippen molar-refractivity contribution in [2.45, 2.75) is 19.9 Å². The molecular weight excluding hydrogens is 254 g/mol. The minimum atomic E-state index is -0.120. The first kappa shape index (κ1) is 14.2. The van der Waals surface area contributed by atoms with Gasteiger partial charge in [-0.25, -0.2) is 0 Å². The van der Waals surface area contributed by atoms with Crippen LogP contribution in [-0.4, -0.2) is 25.7 Å². The Bertz CT molecular complexity index is 608. The third-order valence-electron chi connectivity index (χ3n) is 2.84. The topological polar surface area (TPSA) is 47.6 Å². The van der Waals surface area contributed by atoms with Crippen LogP contribution in [0.15, 0.2) is 36.4 Å². The van der Waals surface area contributed by atoms with E-state index in [1.165, 1.54) is 0 Å². The standard InChI is InChI=1S/C16H19NO3/c1-11(2)17-16(18)10-20-15-7-5-12-4-6-14(19-3)8-13(12)9-15/h4-9,11H,10H2,1-3H3,(H,17,18). The highest BCUT2D eigenvalue weighted by Crippen LogP contribution is 2.24. The molecule has 0 heterocycles. The van der Waals surface area contributed by atoms with E-state index in [0.717, 1.165) is 16.5 Å². The molecule has 0 aliphatic carbocycles. The maximum Gasteiger partial charge on any atom is 0.258 e. The minimum Gasteiger partial charge on any atom is -0.497 e. The van der Waals surface area contributed by atoms with E-state index in [2.05, 4.69) is 5.32 Å². The molecule has 0 fully saturated rings. The van der Waals surface area contributed by atoms with Crippen LogP contribution in [0.2, 0.25) is 0 Å². The van der Waals surface area contributed by atoms with Gasteiger partial charge in [0.1, 0.15) is 11.5 Å². The van der Waals surface area contributed by atoms with E-state index >= 15 is 0 Å². The molecule has 0 atom stereocenters. The van der Waals surface area contributed by atoms with Crippen LogP contribution in [0, 0.1) is 0 Å². The van der Waals surface area contributed by atoms with Crippen molar-refractivity contribution in [3.8, 4) is 11.5 Å². The monoisotopic (exact) mass is 273 g/mol. The Morgan fingerprint density at radius 1 is 1.10 bits per heavy atom. The SMILES string of the molecule is COc1ccc2ccc(OCC(=O)NC(C)C)cc2c1. The molecule has 2 aromatic carbocycles. The van der Waals surface area contributed by atoms with Crippen molar-refractivity contribution in [2.24, 2.45) is 0 Å². The van der Waals surface area contributed by atoms with Crippen LogP contribution in [0.3, 0.4) is 0 Å². The Morgan fingerprint density at radius 2 is 1.75 bits per heavy atom. The number of nitrogens with one attached hydrogen (secondary N) is 1. The molecule has 4 nitrogen and oxygen atoms in total. The number of fused-ring (bicyclic) bond motifs is 1. The second-order valence-electron chi connectivity index (χ2n) is 4.89. The molecule has 0 saturated heterocycles. The first-order valence-electron chi connectivity index (χ1n) is 6.58. The summed E-state index contributed by atoms with van der Waals surface area (Å²) in [5, 5.41) is 4.91. The van der Waals surface area contributed by atoms with Gasteiger partial charge in [0.2, 0.25) is 0 Å². The van der Waals surface area contributed by atoms with Gasteiger partial charge in [-0.05, 0) is 48.9 Å². The molecule has 0 saturated carbocycles. The van der Waals surface area contributed by atoms with Crippen molar-refractivity contribution in [1.82, 2.24) is 5.32 Å². The van der Waals surface area contributed by atoms with Crippen LogP contribution in [-0.2, 0) is 4.79 Å². The molecule has 4 heteroatoms. The zero-order chi connectivity index (χ0) is 14.5. The molecule has 20 heavy (non-hydrogen) atoms. The van der Waals surface area contributed by atoms with Gasteiger partial charge in [-0.15, -0.1) is 0 Å². The zero-order valence-electron chi connectivity index (χ0n) is 12.0. The quantitative estimate of drug-likeness (QED) is 0.911. The van der Waals surface area contributed by atoms with E-state index in [9.17, 15) is 4.79 Å². The summed E-state index contributed by atoms with van der Waals surface area (Å²) in [7, 11) is 1.64. The van der Waals surface area contributed by atoms with Crippen LogP contribution >= 0.6 is 0 Å². The van der Waals surface area contributed by atoms with Crippen LogP contribution < -0.4 is 14.8 Å². The highest BCUT2D eigenvalue weighted by Gasteiger charge is 2.05. The summed E-state index contributed by atoms with van der Waals surface area (Å²) in [4.78, 5) is 11.5. The fourth-order valence-electron chi connectivity index (χ4n) is 1.93. The smallest absolute Gasteiger partial charge is 0.258 e. The van der Waals surface area contributed by atoms with Crippen LogP contribution in [0.25, 0.3) is 10.8 Å². The summed E-state index contributed by atoms with van der Waals surface area (Å²) >= 11 is 0. The second-order valence-corrected chi connectivity index (χ2v) is 4.89. The molecule has 0 radical (unpaired) electrons. The lowest BCUT2D eigenvalue weighted by Gasteiger charge is -2.10. The molecule has 0 aliphatic rings. The highest BCUT2D eigenvalue weighted by molar-refractivity contribution is 5.85. The molecule has 1 N–H and O–H groups in total. The first-order valence-corrected chi connectivity index (χ1v) is 6.58. The molecule has 2 rings (SSSR count). The number of carbonyl (C=O) groups excluding carboxylic acids is 1. The first-order chi connectivity index (χ1) is 9.58. The van der Waals surface area contributed by atoms with Gasteiger partial charge in [0, 0.05) is 6.04 Å². The molecule has 0 unspecified atom stereocenters. The van der Waals surface area contributed by atoms with Gasteiger partial charge in [0.25, 0.3) is 5.91 Å². The average Bonchev–Trinajstić information content (AvgIpc) is 2.43. The Morgan fingerprint density at radius 3 is 2.40 bits per heavy atom. The summed E-state index contributed by atoms with van der Waals surface area (Å²) in [5.41, 5.74) is 0. The Kier molecular flexibility index (Phi) is 4.45. The Balaban J connectivity index is 2.09. The fourth-order valence-corrected chi connectivity index (χ4v) is 1.93. The minimum absolute atomic E-state index is 0.0215. The van der Waals surface area contributed by atoms with Gasteiger partial charge in [0.15, 0.2) is 6.61 Å². The summed E-state index contributed by atoms with van der Waals surface area (Å²) in [6.45, 7) is 3.86. The third kappa shape index (κ3) is 3.63. The number of rotatable bonds is 5. The van der Waals surface area contributed by atoms with Crippen molar-refractivity contribution in [2.75, 3.05) is 13.7 Å². The zero-order valence-corrected chi connectivity index (χ0v) is 12.0. The predicted molar refractivity (Wildman–Crippen MR) is 79.3 cm³/mol. The normalized spacial score (nSPS) is 10.6. The van der Waals surface area contributed by atoms with Crippen LogP contribution in [0.4, 0.5) is 0 Å². The molecule has 0 aromatic heterocycles. The lowest BCUT2D eigenvalue weighted by Crippen LogP contribution is -2.34. The molecule has 1 amide bonds. The van der Waals surface area contributed by atoms with E-state index in [1.54, 1.807) is 7.11 Å². The second kappa shape index (κ2) is 6.28. The molecule has 0 bridgehead atoms. The molecule has 0 spiro atoms. The summed E-state index contributed by atoms with van der Waals surface area (Å²) in [6, 6.07) is 11.7. The lowest BCUT2D eigenvalue weighted by molar-refractivity contribution is -0.123. The number of hydrogen-bond acceptors (Lipinski definition) is 3. The van der Waals surface area contributed by atoms with Crippen molar-refractivity contribution in [3.63, 3.8) is 0 Å². The Labute approximate surface area is 118 Å². The maximum absolute atomic E-state index is 11.5. The predicted octanol–water partition coefficient (Wildman–Crippen LogP) is 2.75. The van der Waals surface area contributed by atoms with E-state index in [0.29, 0.717) is 5.75 Å². The number of ether oxygens (including phenoxy) is 2. The summed E-state index contributed by atoms with van der Waals surface area (Å²) < 4.78 is 10.7. The van der Waals surface area contributed by atoms with E-state index in [4.69, 9.17) is 9.47 Å². The summed E-state index contributed by atoms with van der Waals surface area (Å²) in [5.74, 6) is 1.35. The Hall–Kier alpha value is -2.23. The molecule has 0 aliphatic heterocycles. The van der Waals surface area contributed by atoms with Gasteiger partial charge in [0.05, 0.1) is 7.11 Å². The van der Waals surface area contributed by atoms with Crippen LogP contribution in [0.1, 0.15) is 13.8 Å². The van der Waals surface area contributed by atoms with Crippen molar-refractivity contribution < 1.29 is 14.3 Å². The van der Waals surface area contributed by atoms with Crippen molar-refractivity contribution in [3.05, 3.63) is 36.4 Å². The number of hydrogen-bond donors (Lipinski definition) is 1. The number of benzene rings is 2. The molecule has 2 aromatic rings. The van der Waals surface area contributed by atoms with Crippen molar-refractivity contribution >= 4 is 16.7 Å². The van der Waals surface area contributed by atoms with E-state index in [-0.39, 0.29) is 18.6 Å². The van der Waals surface area contributed by atoms with Gasteiger partial charge >= 0.3 is 0 Å².